The van der Waals surface area contributed by atoms with Crippen LogP contribution in [0.25, 0.3) is 0 Å². The third-order valence-corrected chi connectivity index (χ3v) is 3.50. The summed E-state index contributed by atoms with van der Waals surface area (Å²) in [5, 5.41) is 8.98. The van der Waals surface area contributed by atoms with Crippen LogP contribution in [-0.2, 0) is 0 Å². The molecule has 0 saturated carbocycles. The molecule has 2 aromatic rings. The molecule has 1 heterocycles. The van der Waals surface area contributed by atoms with Crippen LogP contribution in [0.4, 0.5) is 17.3 Å². The Morgan fingerprint density at radius 2 is 1.90 bits per heavy atom. The first-order chi connectivity index (χ1) is 9.61. The van der Waals surface area contributed by atoms with Gasteiger partial charge in [0.25, 0.3) is 0 Å². The van der Waals surface area contributed by atoms with Crippen molar-refractivity contribution >= 4 is 33.3 Å². The molecule has 1 N–H and O–H groups in total. The first-order valence-corrected chi connectivity index (χ1v) is 7.04. The first-order valence-electron chi connectivity index (χ1n) is 6.25. The molecule has 1 aromatic carbocycles. The summed E-state index contributed by atoms with van der Waals surface area (Å²) in [6.07, 6.45) is 1.53. The van der Waals surface area contributed by atoms with Crippen molar-refractivity contribution in [2.45, 2.75) is 0 Å². The van der Waals surface area contributed by atoms with E-state index in [1.54, 1.807) is 0 Å². The molecule has 5 nitrogen and oxygen atoms in total. The van der Waals surface area contributed by atoms with Crippen LogP contribution in [0.3, 0.4) is 0 Å². The van der Waals surface area contributed by atoms with E-state index in [2.05, 4.69) is 25.9 Å². The number of benzene rings is 1. The predicted molar refractivity (Wildman–Crippen MR) is 84.6 cm³/mol. The van der Waals surface area contributed by atoms with Gasteiger partial charge in [-0.05, 0) is 18.2 Å². The fraction of sp³-hybridized carbons (Fsp3) is 0.286. The molecule has 0 radical (unpaired) electrons. The molecule has 2 rings (SSSR count). The van der Waals surface area contributed by atoms with Crippen molar-refractivity contribution in [2.75, 3.05) is 37.0 Å². The minimum Gasteiger partial charge on any atom is -0.395 e. The van der Waals surface area contributed by atoms with Gasteiger partial charge in [-0.1, -0.05) is 22.0 Å². The molecule has 1 aromatic heterocycles. The minimum atomic E-state index is 0.0946. The Morgan fingerprint density at radius 1 is 1.15 bits per heavy atom. The van der Waals surface area contributed by atoms with Crippen molar-refractivity contribution in [2.24, 2.45) is 0 Å². The van der Waals surface area contributed by atoms with Crippen LogP contribution in [0.5, 0.6) is 0 Å². The fourth-order valence-corrected chi connectivity index (χ4v) is 2.20. The lowest BCUT2D eigenvalue weighted by Crippen LogP contribution is -2.23. The van der Waals surface area contributed by atoms with Gasteiger partial charge in [0.2, 0.25) is 0 Å². The number of likely N-dealkylation sites (N-methyl/N-ethyl adjacent to an activating group) is 1. The zero-order valence-corrected chi connectivity index (χ0v) is 13.1. The van der Waals surface area contributed by atoms with E-state index in [9.17, 15) is 0 Å². The van der Waals surface area contributed by atoms with Gasteiger partial charge in [-0.25, -0.2) is 9.97 Å². The summed E-state index contributed by atoms with van der Waals surface area (Å²) in [6.45, 7) is 0.633. The summed E-state index contributed by atoms with van der Waals surface area (Å²) in [5.41, 5.74) is 1.04. The first kappa shape index (κ1) is 14.7. The summed E-state index contributed by atoms with van der Waals surface area (Å²) in [7, 11) is 3.85. The van der Waals surface area contributed by atoms with Crippen molar-refractivity contribution in [1.82, 2.24) is 9.97 Å². The standard InChI is InChI=1S/C14H17BrN4O/c1-18(6-7-20)13-9-14(17-10-16-13)19(2)12-5-3-4-11(15)8-12/h3-5,8-10,20H,6-7H2,1-2H3. The van der Waals surface area contributed by atoms with E-state index >= 15 is 0 Å². The lowest BCUT2D eigenvalue weighted by atomic mass is 10.3. The quantitative estimate of drug-likeness (QED) is 0.908. The largest absolute Gasteiger partial charge is 0.395 e. The van der Waals surface area contributed by atoms with E-state index < -0.39 is 0 Å². The van der Waals surface area contributed by atoms with Gasteiger partial charge in [0, 0.05) is 36.9 Å². The maximum absolute atomic E-state index is 8.98. The Labute approximate surface area is 127 Å². The molecule has 0 saturated heterocycles. The fourth-order valence-electron chi connectivity index (χ4n) is 1.81. The molecular formula is C14H17BrN4O. The molecule has 106 valence electrons. The Morgan fingerprint density at radius 3 is 2.60 bits per heavy atom. The van der Waals surface area contributed by atoms with Crippen LogP contribution >= 0.6 is 15.9 Å². The molecule has 0 spiro atoms. The summed E-state index contributed by atoms with van der Waals surface area (Å²) >= 11 is 3.47. The zero-order valence-electron chi connectivity index (χ0n) is 11.5. The Kier molecular flexibility index (Phi) is 4.92. The predicted octanol–water partition coefficient (Wildman–Crippen LogP) is 2.44. The third-order valence-electron chi connectivity index (χ3n) is 3.00. The molecule has 20 heavy (non-hydrogen) atoms. The summed E-state index contributed by atoms with van der Waals surface area (Å²) in [4.78, 5) is 12.4. The number of nitrogens with zero attached hydrogens (tertiary/aromatic N) is 4. The zero-order chi connectivity index (χ0) is 14.5. The highest BCUT2D eigenvalue weighted by molar-refractivity contribution is 9.10. The molecule has 6 heteroatoms. The molecule has 0 unspecified atom stereocenters. The minimum absolute atomic E-state index is 0.0946. The molecule has 0 amide bonds. The lowest BCUT2D eigenvalue weighted by Gasteiger charge is -2.21. The molecule has 0 aliphatic carbocycles. The number of halogens is 1. The van der Waals surface area contributed by atoms with Crippen molar-refractivity contribution < 1.29 is 5.11 Å². The Hall–Kier alpha value is -1.66. The lowest BCUT2D eigenvalue weighted by molar-refractivity contribution is 0.304. The molecule has 0 bridgehead atoms. The molecule has 0 aliphatic rings. The normalized spacial score (nSPS) is 10.4. The van der Waals surface area contributed by atoms with Crippen molar-refractivity contribution in [3.8, 4) is 0 Å². The van der Waals surface area contributed by atoms with E-state index in [4.69, 9.17) is 5.11 Å². The van der Waals surface area contributed by atoms with Crippen LogP contribution < -0.4 is 9.80 Å². The maximum atomic E-state index is 8.98. The number of aromatic nitrogens is 2. The Bertz CT molecular complexity index is 579. The maximum Gasteiger partial charge on any atom is 0.138 e. The van der Waals surface area contributed by atoms with Crippen LogP contribution in [0, 0.1) is 0 Å². The summed E-state index contributed by atoms with van der Waals surface area (Å²) < 4.78 is 1.02. The van der Waals surface area contributed by atoms with E-state index in [0.29, 0.717) is 6.54 Å². The third kappa shape index (κ3) is 3.46. The highest BCUT2D eigenvalue weighted by atomic mass is 79.9. The Balaban J connectivity index is 2.26. The monoisotopic (exact) mass is 336 g/mol. The second-order valence-corrected chi connectivity index (χ2v) is 5.33. The van der Waals surface area contributed by atoms with Gasteiger partial charge >= 0.3 is 0 Å². The smallest absolute Gasteiger partial charge is 0.138 e. The number of aliphatic hydroxyl groups excluding tert-OH is 1. The number of hydrogen-bond acceptors (Lipinski definition) is 5. The van der Waals surface area contributed by atoms with Gasteiger partial charge < -0.3 is 14.9 Å². The summed E-state index contributed by atoms with van der Waals surface area (Å²) in [6, 6.07) is 9.91. The van der Waals surface area contributed by atoms with Crippen molar-refractivity contribution in [1.29, 1.82) is 0 Å². The van der Waals surface area contributed by atoms with Crippen LogP contribution in [-0.4, -0.2) is 42.3 Å². The van der Waals surface area contributed by atoms with Gasteiger partial charge in [-0.2, -0.15) is 0 Å². The van der Waals surface area contributed by atoms with Crippen LogP contribution in [0.1, 0.15) is 0 Å². The van der Waals surface area contributed by atoms with E-state index in [1.165, 1.54) is 6.33 Å². The number of hydrogen-bond donors (Lipinski definition) is 1. The highest BCUT2D eigenvalue weighted by Crippen LogP contribution is 2.25. The SMILES string of the molecule is CN(CCO)c1cc(N(C)c2cccc(Br)c2)ncn1. The average molecular weight is 337 g/mol. The number of rotatable bonds is 5. The molecule has 0 atom stereocenters. The van der Waals surface area contributed by atoms with Crippen molar-refractivity contribution in [3.05, 3.63) is 41.1 Å². The van der Waals surface area contributed by atoms with Gasteiger partial charge in [-0.3, -0.25) is 0 Å². The molecule has 0 fully saturated rings. The summed E-state index contributed by atoms with van der Waals surface area (Å²) in [5.74, 6) is 1.59. The highest BCUT2D eigenvalue weighted by Gasteiger charge is 2.09. The number of aliphatic hydroxyl groups is 1. The van der Waals surface area contributed by atoms with Crippen LogP contribution in [0.15, 0.2) is 41.1 Å². The van der Waals surface area contributed by atoms with E-state index in [1.807, 2.05) is 54.2 Å². The van der Waals surface area contributed by atoms with E-state index in [0.717, 1.165) is 21.8 Å². The second kappa shape index (κ2) is 6.67. The average Bonchev–Trinajstić information content (AvgIpc) is 2.47. The topological polar surface area (TPSA) is 52.5 Å². The van der Waals surface area contributed by atoms with Crippen LogP contribution in [0.2, 0.25) is 0 Å². The molecular weight excluding hydrogens is 320 g/mol. The van der Waals surface area contributed by atoms with Gasteiger partial charge in [0.15, 0.2) is 0 Å². The van der Waals surface area contributed by atoms with Crippen molar-refractivity contribution in [3.63, 3.8) is 0 Å². The van der Waals surface area contributed by atoms with E-state index in [-0.39, 0.29) is 6.61 Å². The van der Waals surface area contributed by atoms with Gasteiger partial charge in [0.1, 0.15) is 18.0 Å². The van der Waals surface area contributed by atoms with Gasteiger partial charge in [0.05, 0.1) is 6.61 Å². The molecule has 0 aliphatic heterocycles. The number of anilines is 3. The van der Waals surface area contributed by atoms with Gasteiger partial charge in [-0.15, -0.1) is 0 Å². The second-order valence-electron chi connectivity index (χ2n) is 4.42.